The molecule has 0 spiro atoms. The summed E-state index contributed by atoms with van der Waals surface area (Å²) in [6, 6.07) is 6.44. The van der Waals surface area contributed by atoms with E-state index >= 15 is 0 Å². The van der Waals surface area contributed by atoms with Gasteiger partial charge >= 0.3 is 0 Å². The van der Waals surface area contributed by atoms with E-state index in [0.29, 0.717) is 0 Å². The summed E-state index contributed by atoms with van der Waals surface area (Å²) < 4.78 is 6.10. The van der Waals surface area contributed by atoms with Gasteiger partial charge in [0.2, 0.25) is 0 Å². The Morgan fingerprint density at radius 1 is 1.33 bits per heavy atom. The summed E-state index contributed by atoms with van der Waals surface area (Å²) in [6.07, 6.45) is 4.03. The van der Waals surface area contributed by atoms with E-state index in [0.717, 1.165) is 36.7 Å². The van der Waals surface area contributed by atoms with E-state index in [1.807, 2.05) is 6.20 Å². The monoisotopic (exact) mass is 302 g/mol. The summed E-state index contributed by atoms with van der Waals surface area (Å²) in [5.74, 6) is 1.07. The molecule has 2 aromatic rings. The Kier molecular flexibility index (Phi) is 4.00. The first-order valence-corrected chi connectivity index (χ1v) is 8.33. The van der Waals surface area contributed by atoms with Crippen LogP contribution in [0.3, 0.4) is 0 Å². The van der Waals surface area contributed by atoms with Gasteiger partial charge in [0.1, 0.15) is 16.4 Å². The number of thiazole rings is 1. The minimum Gasteiger partial charge on any atom is -0.487 e. The van der Waals surface area contributed by atoms with Gasteiger partial charge in [-0.3, -0.25) is 0 Å². The maximum absolute atomic E-state index is 6.10. The van der Waals surface area contributed by atoms with E-state index in [-0.39, 0.29) is 5.60 Å². The molecule has 0 amide bonds. The lowest BCUT2D eigenvalue weighted by Gasteiger charge is -2.18. The Morgan fingerprint density at radius 2 is 2.19 bits per heavy atom. The third kappa shape index (κ3) is 3.27. The number of hydrogen-bond donors (Lipinski definition) is 1. The number of nitrogens with zero attached hydrogens (tertiary/aromatic N) is 1. The lowest BCUT2D eigenvalue weighted by molar-refractivity contribution is 0.137. The van der Waals surface area contributed by atoms with E-state index < -0.39 is 0 Å². The van der Waals surface area contributed by atoms with Crippen LogP contribution in [0, 0.1) is 0 Å². The predicted octanol–water partition coefficient (Wildman–Crippen LogP) is 3.71. The summed E-state index contributed by atoms with van der Waals surface area (Å²) in [5, 5.41) is 4.63. The lowest BCUT2D eigenvalue weighted by Crippen LogP contribution is -2.25. The Balaban J connectivity index is 1.63. The van der Waals surface area contributed by atoms with Crippen LogP contribution < -0.4 is 10.1 Å². The van der Waals surface area contributed by atoms with Crippen LogP contribution in [-0.4, -0.2) is 10.6 Å². The summed E-state index contributed by atoms with van der Waals surface area (Å²) in [7, 11) is 0. The van der Waals surface area contributed by atoms with Crippen molar-refractivity contribution in [3.05, 3.63) is 45.4 Å². The molecule has 0 aliphatic carbocycles. The van der Waals surface area contributed by atoms with Crippen molar-refractivity contribution in [2.45, 2.75) is 52.3 Å². The molecule has 0 saturated heterocycles. The highest BCUT2D eigenvalue weighted by molar-refractivity contribution is 7.11. The normalized spacial score (nSPS) is 15.8. The van der Waals surface area contributed by atoms with Crippen molar-refractivity contribution < 1.29 is 4.74 Å². The van der Waals surface area contributed by atoms with Gasteiger partial charge in [0, 0.05) is 36.1 Å². The number of fused-ring (bicyclic) bond motifs is 1. The second kappa shape index (κ2) is 5.78. The number of aryl methyl sites for hydroxylation is 1. The molecule has 0 unspecified atom stereocenters. The molecule has 21 heavy (non-hydrogen) atoms. The first-order valence-electron chi connectivity index (χ1n) is 7.51. The van der Waals surface area contributed by atoms with Gasteiger partial charge in [0.15, 0.2) is 0 Å². The average Bonchev–Trinajstić information content (AvgIpc) is 3.01. The molecule has 0 fully saturated rings. The molecule has 4 heteroatoms. The zero-order valence-electron chi connectivity index (χ0n) is 12.9. The van der Waals surface area contributed by atoms with Crippen molar-refractivity contribution in [3.63, 3.8) is 0 Å². The largest absolute Gasteiger partial charge is 0.487 e. The quantitative estimate of drug-likeness (QED) is 0.914. The van der Waals surface area contributed by atoms with Gasteiger partial charge in [-0.2, -0.15) is 0 Å². The van der Waals surface area contributed by atoms with Crippen LogP contribution in [0.15, 0.2) is 24.4 Å². The smallest absolute Gasteiger partial charge is 0.127 e. The van der Waals surface area contributed by atoms with Crippen LogP contribution >= 0.6 is 11.3 Å². The Hall–Kier alpha value is -1.39. The zero-order valence-corrected chi connectivity index (χ0v) is 13.7. The van der Waals surface area contributed by atoms with Crippen molar-refractivity contribution in [2.24, 2.45) is 0 Å². The molecule has 2 heterocycles. The van der Waals surface area contributed by atoms with E-state index in [2.05, 4.69) is 49.3 Å². The van der Waals surface area contributed by atoms with Crippen molar-refractivity contribution in [1.29, 1.82) is 0 Å². The van der Waals surface area contributed by atoms with Crippen molar-refractivity contribution >= 4 is 11.3 Å². The van der Waals surface area contributed by atoms with E-state index in [1.165, 1.54) is 16.0 Å². The van der Waals surface area contributed by atoms with Gasteiger partial charge in [-0.25, -0.2) is 4.98 Å². The van der Waals surface area contributed by atoms with Crippen LogP contribution in [0.4, 0.5) is 0 Å². The van der Waals surface area contributed by atoms with E-state index in [4.69, 9.17) is 4.74 Å². The average molecular weight is 302 g/mol. The summed E-state index contributed by atoms with van der Waals surface area (Å²) in [4.78, 5) is 5.78. The van der Waals surface area contributed by atoms with Gasteiger partial charge in [-0.1, -0.05) is 25.1 Å². The fourth-order valence-corrected chi connectivity index (χ4v) is 3.55. The molecule has 1 aliphatic heterocycles. The summed E-state index contributed by atoms with van der Waals surface area (Å²) in [5.41, 5.74) is 2.48. The number of rotatable bonds is 5. The van der Waals surface area contributed by atoms with Crippen LogP contribution in [0.2, 0.25) is 0 Å². The molecule has 0 bridgehead atoms. The van der Waals surface area contributed by atoms with Gasteiger partial charge in [-0.05, 0) is 25.8 Å². The highest BCUT2D eigenvalue weighted by Crippen LogP contribution is 2.37. The number of para-hydroxylation sites is 1. The van der Waals surface area contributed by atoms with Gasteiger partial charge < -0.3 is 10.1 Å². The molecule has 1 aliphatic rings. The number of nitrogens with one attached hydrogen (secondary N) is 1. The summed E-state index contributed by atoms with van der Waals surface area (Å²) in [6.45, 7) is 8.09. The molecule has 3 rings (SSSR count). The highest BCUT2D eigenvalue weighted by atomic mass is 32.1. The Morgan fingerprint density at radius 3 is 2.95 bits per heavy atom. The molecular weight excluding hydrogens is 280 g/mol. The van der Waals surface area contributed by atoms with Gasteiger partial charge in [-0.15, -0.1) is 11.3 Å². The molecule has 0 atom stereocenters. The second-order valence-electron chi connectivity index (χ2n) is 6.12. The van der Waals surface area contributed by atoms with Gasteiger partial charge in [0.25, 0.3) is 0 Å². The highest BCUT2D eigenvalue weighted by Gasteiger charge is 2.31. The van der Waals surface area contributed by atoms with Crippen LogP contribution in [-0.2, 0) is 25.9 Å². The third-order valence-corrected chi connectivity index (χ3v) is 4.86. The van der Waals surface area contributed by atoms with Crippen LogP contribution in [0.1, 0.15) is 41.8 Å². The Labute approximate surface area is 130 Å². The molecule has 1 aromatic heterocycles. The third-order valence-electron chi connectivity index (χ3n) is 3.71. The molecule has 1 N–H and O–H groups in total. The predicted molar refractivity (Wildman–Crippen MR) is 86.9 cm³/mol. The zero-order chi connectivity index (χ0) is 14.9. The number of benzene rings is 1. The first kappa shape index (κ1) is 14.5. The molecule has 1 aromatic carbocycles. The minimum atomic E-state index is -0.0796. The molecular formula is C17H22N2OS. The fraction of sp³-hybridized carbons (Fsp3) is 0.471. The molecule has 3 nitrogen and oxygen atoms in total. The second-order valence-corrected chi connectivity index (χ2v) is 7.32. The summed E-state index contributed by atoms with van der Waals surface area (Å²) >= 11 is 1.79. The molecule has 112 valence electrons. The first-order chi connectivity index (χ1) is 10.1. The van der Waals surface area contributed by atoms with E-state index in [1.54, 1.807) is 11.3 Å². The topological polar surface area (TPSA) is 34.2 Å². The van der Waals surface area contributed by atoms with Crippen molar-refractivity contribution in [1.82, 2.24) is 10.3 Å². The van der Waals surface area contributed by atoms with Crippen molar-refractivity contribution in [2.75, 3.05) is 0 Å². The molecule has 0 radical (unpaired) electrons. The SMILES string of the molecule is CCc1cnc(CNCc2cccc3c2OC(C)(C)C3)s1. The minimum absolute atomic E-state index is 0.0796. The number of aromatic nitrogens is 1. The van der Waals surface area contributed by atoms with Crippen LogP contribution in [0.5, 0.6) is 5.75 Å². The number of hydrogen-bond acceptors (Lipinski definition) is 4. The maximum atomic E-state index is 6.10. The lowest BCUT2D eigenvalue weighted by atomic mass is 10.0. The Bertz CT molecular complexity index is 633. The van der Waals surface area contributed by atoms with Crippen molar-refractivity contribution in [3.8, 4) is 5.75 Å². The molecule has 0 saturated carbocycles. The van der Waals surface area contributed by atoms with Gasteiger partial charge in [0.05, 0.1) is 0 Å². The standard InChI is InChI=1S/C17H22N2OS/c1-4-14-10-19-15(21-14)11-18-9-13-7-5-6-12-8-17(2,3)20-16(12)13/h5-7,10,18H,4,8-9,11H2,1-3H3. The maximum Gasteiger partial charge on any atom is 0.127 e. The fourth-order valence-electron chi connectivity index (χ4n) is 2.72. The van der Waals surface area contributed by atoms with Crippen LogP contribution in [0.25, 0.3) is 0 Å². The van der Waals surface area contributed by atoms with E-state index in [9.17, 15) is 0 Å². The number of ether oxygens (including phenoxy) is 1.